The summed E-state index contributed by atoms with van der Waals surface area (Å²) in [6.07, 6.45) is 0. The van der Waals surface area contributed by atoms with E-state index in [9.17, 15) is 4.79 Å². The molecule has 1 aromatic carbocycles. The third kappa shape index (κ3) is 1.74. The van der Waals surface area contributed by atoms with E-state index in [2.05, 4.69) is 5.10 Å². The molecule has 0 aliphatic carbocycles. The van der Waals surface area contributed by atoms with Gasteiger partial charge in [-0.1, -0.05) is 18.2 Å². The summed E-state index contributed by atoms with van der Waals surface area (Å²) in [6.45, 7) is 1.88. The Balaban J connectivity index is 2.50. The van der Waals surface area contributed by atoms with Gasteiger partial charge in [0.1, 0.15) is 0 Å². The summed E-state index contributed by atoms with van der Waals surface area (Å²) in [7, 11) is 0. The van der Waals surface area contributed by atoms with E-state index in [-0.39, 0.29) is 5.69 Å². The summed E-state index contributed by atoms with van der Waals surface area (Å²) in [4.78, 5) is 10.9. The van der Waals surface area contributed by atoms with Crippen molar-refractivity contribution < 1.29 is 4.79 Å². The number of hydrogen-bond acceptors (Lipinski definition) is 2. The molecule has 2 rings (SSSR count). The molecule has 0 saturated carbocycles. The molecule has 0 aliphatic heterocycles. The second kappa shape index (κ2) is 3.57. The molecular formula is C11H11N3O. The van der Waals surface area contributed by atoms with Gasteiger partial charge in [-0.15, -0.1) is 0 Å². The average molecular weight is 201 g/mol. The van der Waals surface area contributed by atoms with Gasteiger partial charge in [-0.3, -0.25) is 4.79 Å². The smallest absolute Gasteiger partial charge is 0.269 e. The van der Waals surface area contributed by atoms with Crippen LogP contribution in [0.1, 0.15) is 16.2 Å². The highest BCUT2D eigenvalue weighted by atomic mass is 16.1. The molecule has 1 amide bonds. The summed E-state index contributed by atoms with van der Waals surface area (Å²) in [5.74, 6) is -0.507. The molecule has 76 valence electrons. The number of nitrogens with zero attached hydrogens (tertiary/aromatic N) is 2. The lowest BCUT2D eigenvalue weighted by Crippen LogP contribution is -2.12. The minimum atomic E-state index is -0.507. The molecule has 0 aliphatic rings. The maximum absolute atomic E-state index is 10.9. The number of aryl methyl sites for hydroxylation is 1. The number of primary amides is 1. The van der Waals surface area contributed by atoms with Crippen LogP contribution in [0.15, 0.2) is 36.4 Å². The van der Waals surface area contributed by atoms with Gasteiger partial charge in [0.15, 0.2) is 5.69 Å². The van der Waals surface area contributed by atoms with E-state index in [1.807, 2.05) is 37.3 Å². The number of rotatable bonds is 2. The minimum absolute atomic E-state index is 0.288. The van der Waals surface area contributed by atoms with Gasteiger partial charge in [0.2, 0.25) is 0 Å². The van der Waals surface area contributed by atoms with Crippen molar-refractivity contribution in [3.63, 3.8) is 0 Å². The zero-order chi connectivity index (χ0) is 10.8. The van der Waals surface area contributed by atoms with E-state index in [1.54, 1.807) is 10.7 Å². The van der Waals surface area contributed by atoms with Gasteiger partial charge in [0.05, 0.1) is 5.69 Å². The number of amides is 1. The number of hydrogen-bond donors (Lipinski definition) is 1. The highest BCUT2D eigenvalue weighted by Gasteiger charge is 2.09. The van der Waals surface area contributed by atoms with Crippen molar-refractivity contribution in [3.05, 3.63) is 47.8 Å². The summed E-state index contributed by atoms with van der Waals surface area (Å²) >= 11 is 0. The normalized spacial score (nSPS) is 10.2. The molecule has 2 aromatic rings. The van der Waals surface area contributed by atoms with Crippen molar-refractivity contribution in [1.82, 2.24) is 9.78 Å². The summed E-state index contributed by atoms with van der Waals surface area (Å²) in [5, 5.41) is 4.12. The van der Waals surface area contributed by atoms with E-state index in [4.69, 9.17) is 5.73 Å². The topological polar surface area (TPSA) is 60.9 Å². The SMILES string of the molecule is Cc1cc(C(N)=O)nn1-c1ccccc1. The first-order valence-electron chi connectivity index (χ1n) is 4.60. The van der Waals surface area contributed by atoms with Crippen molar-refractivity contribution in [2.75, 3.05) is 0 Å². The second-order valence-electron chi connectivity index (χ2n) is 3.28. The van der Waals surface area contributed by atoms with Crippen LogP contribution < -0.4 is 5.73 Å². The van der Waals surface area contributed by atoms with Crippen LogP contribution in [0.4, 0.5) is 0 Å². The van der Waals surface area contributed by atoms with Crippen LogP contribution in [-0.2, 0) is 0 Å². The van der Waals surface area contributed by atoms with Gasteiger partial charge in [-0.05, 0) is 25.1 Å². The van der Waals surface area contributed by atoms with Crippen LogP contribution >= 0.6 is 0 Å². The summed E-state index contributed by atoms with van der Waals surface area (Å²) < 4.78 is 1.69. The quantitative estimate of drug-likeness (QED) is 0.795. The third-order valence-corrected chi connectivity index (χ3v) is 2.14. The Labute approximate surface area is 87.3 Å². The first-order valence-corrected chi connectivity index (χ1v) is 4.60. The van der Waals surface area contributed by atoms with Crippen molar-refractivity contribution in [2.24, 2.45) is 5.73 Å². The van der Waals surface area contributed by atoms with Gasteiger partial charge >= 0.3 is 0 Å². The molecule has 0 spiro atoms. The lowest BCUT2D eigenvalue weighted by molar-refractivity contribution is 0.0995. The maximum atomic E-state index is 10.9. The number of benzene rings is 1. The van der Waals surface area contributed by atoms with Crippen LogP contribution in [0.2, 0.25) is 0 Å². The van der Waals surface area contributed by atoms with Crippen LogP contribution in [0.3, 0.4) is 0 Å². The first-order chi connectivity index (χ1) is 7.18. The van der Waals surface area contributed by atoms with E-state index < -0.39 is 5.91 Å². The second-order valence-corrected chi connectivity index (χ2v) is 3.28. The number of para-hydroxylation sites is 1. The van der Waals surface area contributed by atoms with Gasteiger partial charge in [0.25, 0.3) is 5.91 Å². The molecular weight excluding hydrogens is 190 g/mol. The Morgan fingerprint density at radius 3 is 2.53 bits per heavy atom. The van der Waals surface area contributed by atoms with Crippen molar-refractivity contribution in [1.29, 1.82) is 0 Å². The largest absolute Gasteiger partial charge is 0.364 e. The number of carbonyl (C=O) groups excluding carboxylic acids is 1. The molecule has 4 heteroatoms. The monoisotopic (exact) mass is 201 g/mol. The van der Waals surface area contributed by atoms with Gasteiger partial charge in [-0.2, -0.15) is 5.10 Å². The molecule has 1 aromatic heterocycles. The van der Waals surface area contributed by atoms with Crippen LogP contribution in [0, 0.1) is 6.92 Å². The maximum Gasteiger partial charge on any atom is 0.269 e. The molecule has 0 radical (unpaired) electrons. The Kier molecular flexibility index (Phi) is 2.25. The fourth-order valence-electron chi connectivity index (χ4n) is 1.43. The van der Waals surface area contributed by atoms with E-state index in [0.29, 0.717) is 0 Å². The van der Waals surface area contributed by atoms with E-state index in [1.165, 1.54) is 0 Å². The molecule has 0 unspecified atom stereocenters. The minimum Gasteiger partial charge on any atom is -0.364 e. The fourth-order valence-corrected chi connectivity index (χ4v) is 1.43. The average Bonchev–Trinajstić information content (AvgIpc) is 2.62. The zero-order valence-electron chi connectivity index (χ0n) is 8.34. The third-order valence-electron chi connectivity index (χ3n) is 2.14. The van der Waals surface area contributed by atoms with Crippen molar-refractivity contribution in [3.8, 4) is 5.69 Å². The Bertz CT molecular complexity index is 488. The Morgan fingerprint density at radius 1 is 1.33 bits per heavy atom. The molecule has 0 fully saturated rings. The molecule has 4 nitrogen and oxygen atoms in total. The highest BCUT2D eigenvalue weighted by Crippen LogP contribution is 2.11. The lowest BCUT2D eigenvalue weighted by Gasteiger charge is -2.02. The van der Waals surface area contributed by atoms with Gasteiger partial charge in [0, 0.05) is 5.69 Å². The summed E-state index contributed by atoms with van der Waals surface area (Å²) in [5.41, 5.74) is 7.25. The van der Waals surface area contributed by atoms with E-state index in [0.717, 1.165) is 11.4 Å². The van der Waals surface area contributed by atoms with Gasteiger partial charge < -0.3 is 5.73 Å². The number of aromatic nitrogens is 2. The molecule has 1 heterocycles. The molecule has 0 bridgehead atoms. The zero-order valence-corrected chi connectivity index (χ0v) is 8.34. The van der Waals surface area contributed by atoms with Crippen molar-refractivity contribution in [2.45, 2.75) is 6.92 Å². The first kappa shape index (κ1) is 9.45. The number of carbonyl (C=O) groups is 1. The fraction of sp³-hybridized carbons (Fsp3) is 0.0909. The Hall–Kier alpha value is -2.10. The predicted molar refractivity (Wildman–Crippen MR) is 56.8 cm³/mol. The summed E-state index contributed by atoms with van der Waals surface area (Å²) in [6, 6.07) is 11.3. The van der Waals surface area contributed by atoms with Gasteiger partial charge in [-0.25, -0.2) is 4.68 Å². The van der Waals surface area contributed by atoms with Crippen LogP contribution in [0.5, 0.6) is 0 Å². The van der Waals surface area contributed by atoms with Crippen molar-refractivity contribution >= 4 is 5.91 Å². The number of nitrogens with two attached hydrogens (primary N) is 1. The lowest BCUT2D eigenvalue weighted by atomic mass is 10.3. The standard InChI is InChI=1S/C11H11N3O/c1-8-7-10(11(12)15)13-14(8)9-5-3-2-4-6-9/h2-7H,1H3,(H2,12,15). The highest BCUT2D eigenvalue weighted by molar-refractivity contribution is 5.90. The molecule has 0 saturated heterocycles. The predicted octanol–water partition coefficient (Wildman–Crippen LogP) is 1.28. The Morgan fingerprint density at radius 2 is 2.00 bits per heavy atom. The molecule has 15 heavy (non-hydrogen) atoms. The molecule has 0 atom stereocenters. The molecule has 2 N–H and O–H groups in total. The van der Waals surface area contributed by atoms with Crippen LogP contribution in [-0.4, -0.2) is 15.7 Å². The van der Waals surface area contributed by atoms with Crippen LogP contribution in [0.25, 0.3) is 5.69 Å². The van der Waals surface area contributed by atoms with E-state index >= 15 is 0 Å².